The minimum Gasteiger partial charge on any atom is -0.352 e. The first-order chi connectivity index (χ1) is 12.0. The first kappa shape index (κ1) is 18.3. The minimum absolute atomic E-state index is 0.0693. The van der Waals surface area contributed by atoms with Gasteiger partial charge in [0, 0.05) is 23.7 Å². The summed E-state index contributed by atoms with van der Waals surface area (Å²) in [4.78, 5) is 12.3. The molecule has 1 heterocycles. The fraction of sp³-hybridized carbons (Fsp3) is 0.500. The molecule has 25 heavy (non-hydrogen) atoms. The molecule has 0 spiro atoms. The number of rotatable bonds is 5. The van der Waals surface area contributed by atoms with Gasteiger partial charge in [-0.15, -0.1) is 10.2 Å². The fourth-order valence-electron chi connectivity index (χ4n) is 3.20. The van der Waals surface area contributed by atoms with Gasteiger partial charge < -0.3 is 9.88 Å². The third kappa shape index (κ3) is 4.55. The number of carbonyl (C=O) groups is 1. The molecule has 1 aliphatic rings. The lowest BCUT2D eigenvalue weighted by Gasteiger charge is -2.29. The molecule has 0 radical (unpaired) electrons. The number of amides is 1. The molecule has 1 saturated carbocycles. The van der Waals surface area contributed by atoms with E-state index in [0.717, 1.165) is 23.0 Å². The molecule has 2 aromatic rings. The number of thioether (sulfide) groups is 1. The van der Waals surface area contributed by atoms with Crippen LogP contribution in [0.1, 0.15) is 32.6 Å². The predicted molar refractivity (Wildman–Crippen MR) is 102 cm³/mol. The summed E-state index contributed by atoms with van der Waals surface area (Å²) in [5.74, 6) is 1.75. The van der Waals surface area contributed by atoms with Gasteiger partial charge in [0.15, 0.2) is 11.0 Å². The number of nitrogens with one attached hydrogen (secondary N) is 1. The Hall–Kier alpha value is -1.53. The third-order valence-corrected chi connectivity index (χ3v) is 6.00. The van der Waals surface area contributed by atoms with Gasteiger partial charge in [0.25, 0.3) is 0 Å². The van der Waals surface area contributed by atoms with Gasteiger partial charge in [-0.25, -0.2) is 0 Å². The van der Waals surface area contributed by atoms with Crippen molar-refractivity contribution in [1.29, 1.82) is 0 Å². The van der Waals surface area contributed by atoms with Gasteiger partial charge in [-0.3, -0.25) is 4.79 Å². The van der Waals surface area contributed by atoms with Crippen LogP contribution in [-0.4, -0.2) is 32.5 Å². The highest BCUT2D eigenvalue weighted by Crippen LogP contribution is 2.25. The SMILES string of the molecule is C[C@H]1CCCC[C@@H]1NC(=O)CSc1nnc(-c2ccc(Cl)cc2)n1C. The van der Waals surface area contributed by atoms with Crippen molar-refractivity contribution in [2.45, 2.75) is 43.8 Å². The van der Waals surface area contributed by atoms with Crippen molar-refractivity contribution >= 4 is 29.3 Å². The quantitative estimate of drug-likeness (QED) is 0.801. The number of halogens is 1. The Morgan fingerprint density at radius 3 is 2.72 bits per heavy atom. The van der Waals surface area contributed by atoms with Gasteiger partial charge in [-0.1, -0.05) is 43.1 Å². The molecular weight excluding hydrogens is 356 g/mol. The normalized spacial score (nSPS) is 20.4. The Morgan fingerprint density at radius 1 is 1.28 bits per heavy atom. The highest BCUT2D eigenvalue weighted by Gasteiger charge is 2.23. The van der Waals surface area contributed by atoms with Crippen molar-refractivity contribution in [1.82, 2.24) is 20.1 Å². The van der Waals surface area contributed by atoms with E-state index < -0.39 is 0 Å². The van der Waals surface area contributed by atoms with Crippen LogP contribution in [0.2, 0.25) is 5.02 Å². The second kappa shape index (κ2) is 8.23. The van der Waals surface area contributed by atoms with E-state index >= 15 is 0 Å². The predicted octanol–water partition coefficient (Wildman–Crippen LogP) is 3.92. The standard InChI is InChI=1S/C18H23ClN4OS/c1-12-5-3-4-6-15(12)20-16(24)11-25-18-22-21-17(23(18)2)13-7-9-14(19)10-8-13/h7-10,12,15H,3-6,11H2,1-2H3,(H,20,24)/t12-,15-/m0/s1. The topological polar surface area (TPSA) is 59.8 Å². The van der Waals surface area contributed by atoms with Gasteiger partial charge in [0.2, 0.25) is 5.91 Å². The summed E-state index contributed by atoms with van der Waals surface area (Å²) in [5, 5.41) is 13.0. The highest BCUT2D eigenvalue weighted by atomic mass is 35.5. The summed E-state index contributed by atoms with van der Waals surface area (Å²) in [6.07, 6.45) is 4.76. The van der Waals surface area contributed by atoms with Crippen LogP contribution in [0, 0.1) is 5.92 Å². The zero-order chi connectivity index (χ0) is 17.8. The van der Waals surface area contributed by atoms with Crippen LogP contribution in [0.15, 0.2) is 29.4 Å². The summed E-state index contributed by atoms with van der Waals surface area (Å²) in [7, 11) is 1.91. The Labute approximate surface area is 157 Å². The van der Waals surface area contributed by atoms with Gasteiger partial charge in [-0.05, 0) is 43.0 Å². The van der Waals surface area contributed by atoms with Gasteiger partial charge in [0.1, 0.15) is 0 Å². The summed E-state index contributed by atoms with van der Waals surface area (Å²) in [6.45, 7) is 2.22. The lowest BCUT2D eigenvalue weighted by atomic mass is 9.86. The molecule has 1 amide bonds. The van der Waals surface area contributed by atoms with Crippen molar-refractivity contribution < 1.29 is 4.79 Å². The smallest absolute Gasteiger partial charge is 0.230 e. The van der Waals surface area contributed by atoms with Crippen molar-refractivity contribution in [3.8, 4) is 11.4 Å². The van der Waals surface area contributed by atoms with Gasteiger partial charge >= 0.3 is 0 Å². The maximum Gasteiger partial charge on any atom is 0.230 e. The van der Waals surface area contributed by atoms with Crippen LogP contribution in [0.5, 0.6) is 0 Å². The Bertz CT molecular complexity index is 731. The highest BCUT2D eigenvalue weighted by molar-refractivity contribution is 7.99. The van der Waals surface area contributed by atoms with Crippen LogP contribution in [0.3, 0.4) is 0 Å². The number of nitrogens with zero attached hydrogens (tertiary/aromatic N) is 3. The summed E-state index contributed by atoms with van der Waals surface area (Å²) >= 11 is 7.34. The Morgan fingerprint density at radius 2 is 2.00 bits per heavy atom. The summed E-state index contributed by atoms with van der Waals surface area (Å²) in [6, 6.07) is 7.80. The summed E-state index contributed by atoms with van der Waals surface area (Å²) < 4.78 is 1.91. The van der Waals surface area contributed by atoms with E-state index in [1.54, 1.807) is 0 Å². The molecule has 1 fully saturated rings. The average Bonchev–Trinajstić information content (AvgIpc) is 2.97. The Kier molecular flexibility index (Phi) is 6.02. The molecular formula is C18H23ClN4OS. The van der Waals surface area contributed by atoms with Crippen molar-refractivity contribution in [3.05, 3.63) is 29.3 Å². The lowest BCUT2D eigenvalue weighted by Crippen LogP contribution is -2.41. The maximum atomic E-state index is 12.3. The molecule has 0 aliphatic heterocycles. The van der Waals surface area contributed by atoms with Crippen LogP contribution in [0.4, 0.5) is 0 Å². The molecule has 1 aliphatic carbocycles. The van der Waals surface area contributed by atoms with Gasteiger partial charge in [-0.2, -0.15) is 0 Å². The number of aromatic nitrogens is 3. The molecule has 0 unspecified atom stereocenters. The molecule has 5 nitrogen and oxygen atoms in total. The van der Waals surface area contributed by atoms with E-state index in [1.807, 2.05) is 35.9 Å². The molecule has 134 valence electrons. The monoisotopic (exact) mass is 378 g/mol. The van der Waals surface area contributed by atoms with E-state index in [4.69, 9.17) is 11.6 Å². The molecule has 0 bridgehead atoms. The van der Waals surface area contributed by atoms with E-state index in [0.29, 0.717) is 22.7 Å². The van der Waals surface area contributed by atoms with E-state index in [1.165, 1.54) is 31.0 Å². The average molecular weight is 379 g/mol. The van der Waals surface area contributed by atoms with E-state index in [9.17, 15) is 4.79 Å². The first-order valence-corrected chi connectivity index (χ1v) is 9.98. The molecule has 2 atom stereocenters. The summed E-state index contributed by atoms with van der Waals surface area (Å²) in [5.41, 5.74) is 0.951. The van der Waals surface area contributed by atoms with Gasteiger partial charge in [0.05, 0.1) is 5.75 Å². The van der Waals surface area contributed by atoms with Crippen molar-refractivity contribution in [2.24, 2.45) is 13.0 Å². The number of benzene rings is 1. The largest absolute Gasteiger partial charge is 0.352 e. The minimum atomic E-state index is 0.0693. The Balaban J connectivity index is 1.58. The molecule has 3 rings (SSSR count). The lowest BCUT2D eigenvalue weighted by molar-refractivity contribution is -0.119. The van der Waals surface area contributed by atoms with E-state index in [2.05, 4.69) is 22.4 Å². The van der Waals surface area contributed by atoms with Crippen LogP contribution in [-0.2, 0) is 11.8 Å². The maximum absolute atomic E-state index is 12.3. The molecule has 1 aromatic heterocycles. The van der Waals surface area contributed by atoms with Crippen LogP contribution >= 0.6 is 23.4 Å². The number of hydrogen-bond donors (Lipinski definition) is 1. The molecule has 7 heteroatoms. The third-order valence-electron chi connectivity index (χ3n) is 4.73. The number of hydrogen-bond acceptors (Lipinski definition) is 4. The second-order valence-corrected chi connectivity index (χ2v) is 7.98. The van der Waals surface area contributed by atoms with Crippen LogP contribution in [0.25, 0.3) is 11.4 Å². The van der Waals surface area contributed by atoms with Crippen LogP contribution < -0.4 is 5.32 Å². The van der Waals surface area contributed by atoms with Crippen molar-refractivity contribution in [3.63, 3.8) is 0 Å². The fourth-order valence-corrected chi connectivity index (χ4v) is 4.05. The molecule has 1 N–H and O–H groups in total. The van der Waals surface area contributed by atoms with Crippen molar-refractivity contribution in [2.75, 3.05) is 5.75 Å². The second-order valence-electron chi connectivity index (χ2n) is 6.60. The molecule has 1 aromatic carbocycles. The zero-order valence-electron chi connectivity index (χ0n) is 14.5. The van der Waals surface area contributed by atoms with E-state index in [-0.39, 0.29) is 5.91 Å². The number of carbonyl (C=O) groups excluding carboxylic acids is 1. The first-order valence-electron chi connectivity index (χ1n) is 8.62. The zero-order valence-corrected chi connectivity index (χ0v) is 16.1. The molecule has 0 saturated heterocycles.